The van der Waals surface area contributed by atoms with Crippen LogP contribution >= 0.6 is 23.4 Å². The van der Waals surface area contributed by atoms with Gasteiger partial charge in [-0.15, -0.1) is 11.8 Å². The Labute approximate surface area is 162 Å². The molecule has 0 spiro atoms. The molecule has 2 aliphatic rings. The second kappa shape index (κ2) is 7.07. The number of morpholine rings is 1. The van der Waals surface area contributed by atoms with Gasteiger partial charge in [-0.1, -0.05) is 0 Å². The van der Waals surface area contributed by atoms with Gasteiger partial charge < -0.3 is 9.64 Å². The first-order valence-electron chi connectivity index (χ1n) is 8.68. The summed E-state index contributed by atoms with van der Waals surface area (Å²) in [6.07, 6.45) is 2.12. The first-order valence-corrected chi connectivity index (χ1v) is 9.88. The van der Waals surface area contributed by atoms with Crippen LogP contribution in [0.3, 0.4) is 0 Å². The molecular weight excluding hydrogens is 368 g/mol. The van der Waals surface area contributed by atoms with E-state index in [1.807, 2.05) is 24.3 Å². The summed E-state index contributed by atoms with van der Waals surface area (Å²) in [6.45, 7) is 4.34. The van der Waals surface area contributed by atoms with E-state index in [1.165, 1.54) is 0 Å². The van der Waals surface area contributed by atoms with Crippen molar-refractivity contribution in [2.24, 2.45) is 0 Å². The van der Waals surface area contributed by atoms with Crippen molar-refractivity contribution in [3.63, 3.8) is 0 Å². The second-order valence-electron chi connectivity index (χ2n) is 6.73. The lowest BCUT2D eigenvalue weighted by molar-refractivity contribution is 0.0985. The highest BCUT2D eigenvalue weighted by atomic mass is 35.5. The molecule has 2 aromatic rings. The summed E-state index contributed by atoms with van der Waals surface area (Å²) in [7, 11) is 0. The number of hydrogen-bond donors (Lipinski definition) is 0. The molecule has 1 saturated carbocycles. The van der Waals surface area contributed by atoms with E-state index < -0.39 is 0 Å². The maximum Gasteiger partial charge on any atom is 0.224 e. The highest BCUT2D eigenvalue weighted by Crippen LogP contribution is 2.59. The predicted molar refractivity (Wildman–Crippen MR) is 103 cm³/mol. The van der Waals surface area contributed by atoms with Gasteiger partial charge in [-0.2, -0.15) is 5.26 Å². The molecule has 1 saturated heterocycles. The molecule has 4 rings (SSSR count). The second-order valence-corrected chi connectivity index (χ2v) is 8.53. The highest BCUT2D eigenvalue weighted by molar-refractivity contribution is 8.00. The Balaban J connectivity index is 1.61. The van der Waals surface area contributed by atoms with Crippen molar-refractivity contribution in [2.75, 3.05) is 24.7 Å². The van der Waals surface area contributed by atoms with E-state index in [0.29, 0.717) is 24.1 Å². The molecule has 1 aliphatic carbocycles. The van der Waals surface area contributed by atoms with Crippen LogP contribution in [0.15, 0.2) is 35.2 Å². The van der Waals surface area contributed by atoms with Gasteiger partial charge in [0.2, 0.25) is 5.28 Å². The third-order valence-electron chi connectivity index (χ3n) is 4.81. The number of halogens is 1. The standard InChI is InChI=1S/C19H19ClN4OS/c1-13-12-25-9-8-24(13)17-10-16(22-18(20)23-17)19(6-7-19)26-15-4-2-14(11-21)3-5-15/h2-5,10,13H,6-9,12H2,1H3. The Kier molecular flexibility index (Phi) is 4.78. The number of nitrogens with zero attached hydrogens (tertiary/aromatic N) is 4. The van der Waals surface area contributed by atoms with E-state index in [2.05, 4.69) is 33.9 Å². The van der Waals surface area contributed by atoms with Gasteiger partial charge in [0.15, 0.2) is 0 Å². The smallest absolute Gasteiger partial charge is 0.224 e. The van der Waals surface area contributed by atoms with Gasteiger partial charge in [0.05, 0.1) is 41.3 Å². The molecule has 1 aromatic heterocycles. The molecule has 2 heterocycles. The van der Waals surface area contributed by atoms with Gasteiger partial charge in [-0.3, -0.25) is 0 Å². The number of thioether (sulfide) groups is 1. The maximum atomic E-state index is 8.96. The molecule has 0 amide bonds. The van der Waals surface area contributed by atoms with Crippen molar-refractivity contribution in [1.82, 2.24) is 9.97 Å². The van der Waals surface area contributed by atoms with Gasteiger partial charge in [0.25, 0.3) is 0 Å². The molecule has 1 aromatic carbocycles. The van der Waals surface area contributed by atoms with Crippen LogP contribution in [0, 0.1) is 11.3 Å². The fourth-order valence-corrected chi connectivity index (χ4v) is 4.62. The summed E-state index contributed by atoms with van der Waals surface area (Å²) in [5, 5.41) is 9.25. The largest absolute Gasteiger partial charge is 0.377 e. The minimum atomic E-state index is -0.0506. The first kappa shape index (κ1) is 17.6. The molecule has 7 heteroatoms. The van der Waals surface area contributed by atoms with Crippen LogP contribution in [-0.4, -0.2) is 35.8 Å². The number of nitriles is 1. The average Bonchev–Trinajstić information content (AvgIpc) is 3.43. The lowest BCUT2D eigenvalue weighted by Crippen LogP contribution is -2.44. The minimum absolute atomic E-state index is 0.0506. The summed E-state index contributed by atoms with van der Waals surface area (Å²) >= 11 is 8.06. The van der Waals surface area contributed by atoms with Gasteiger partial charge in [-0.05, 0) is 55.6 Å². The normalized spacial score (nSPS) is 21.3. The van der Waals surface area contributed by atoms with Gasteiger partial charge in [-0.25, -0.2) is 9.97 Å². The van der Waals surface area contributed by atoms with E-state index >= 15 is 0 Å². The van der Waals surface area contributed by atoms with Gasteiger partial charge >= 0.3 is 0 Å². The molecule has 1 unspecified atom stereocenters. The summed E-state index contributed by atoms with van der Waals surface area (Å²) in [6, 6.07) is 12.2. The number of aromatic nitrogens is 2. The molecule has 0 bridgehead atoms. The summed E-state index contributed by atoms with van der Waals surface area (Å²) in [5.41, 5.74) is 1.66. The quantitative estimate of drug-likeness (QED) is 0.740. The molecular formula is C19H19ClN4OS. The monoisotopic (exact) mass is 386 g/mol. The van der Waals surface area contributed by atoms with Crippen LogP contribution < -0.4 is 4.90 Å². The zero-order valence-corrected chi connectivity index (χ0v) is 16.1. The van der Waals surface area contributed by atoms with E-state index in [4.69, 9.17) is 21.6 Å². The predicted octanol–water partition coefficient (Wildman–Crippen LogP) is 4.01. The number of rotatable bonds is 4. The van der Waals surface area contributed by atoms with Crippen molar-refractivity contribution < 1.29 is 4.74 Å². The molecule has 0 radical (unpaired) electrons. The molecule has 0 N–H and O–H groups in total. The average molecular weight is 387 g/mol. The zero-order chi connectivity index (χ0) is 18.1. The third kappa shape index (κ3) is 3.52. The Morgan fingerprint density at radius 1 is 1.31 bits per heavy atom. The van der Waals surface area contributed by atoms with Crippen LogP contribution in [0.5, 0.6) is 0 Å². The van der Waals surface area contributed by atoms with Crippen LogP contribution in [0.2, 0.25) is 5.28 Å². The number of hydrogen-bond acceptors (Lipinski definition) is 6. The van der Waals surface area contributed by atoms with Gasteiger partial charge in [0, 0.05) is 17.5 Å². The Hall–Kier alpha value is -1.81. The lowest BCUT2D eigenvalue weighted by Gasteiger charge is -2.34. The fraction of sp³-hybridized carbons (Fsp3) is 0.421. The number of anilines is 1. The molecule has 2 fully saturated rings. The molecule has 1 aliphatic heterocycles. The number of benzene rings is 1. The van der Waals surface area contributed by atoms with Crippen LogP contribution in [0.1, 0.15) is 31.0 Å². The topological polar surface area (TPSA) is 62.0 Å². The van der Waals surface area contributed by atoms with Crippen molar-refractivity contribution >= 4 is 29.2 Å². The van der Waals surface area contributed by atoms with Crippen molar-refractivity contribution in [2.45, 2.75) is 35.4 Å². The molecule has 5 nitrogen and oxygen atoms in total. The van der Waals surface area contributed by atoms with E-state index in [9.17, 15) is 0 Å². The third-order valence-corrected chi connectivity index (χ3v) is 6.50. The molecule has 134 valence electrons. The molecule has 26 heavy (non-hydrogen) atoms. The Morgan fingerprint density at radius 3 is 2.73 bits per heavy atom. The van der Waals surface area contributed by atoms with Crippen LogP contribution in [0.4, 0.5) is 5.82 Å². The summed E-state index contributed by atoms with van der Waals surface area (Å²) in [5.74, 6) is 0.877. The highest BCUT2D eigenvalue weighted by Gasteiger charge is 2.47. The van der Waals surface area contributed by atoms with Crippen molar-refractivity contribution in [3.8, 4) is 6.07 Å². The van der Waals surface area contributed by atoms with E-state index in [1.54, 1.807) is 11.8 Å². The van der Waals surface area contributed by atoms with Crippen molar-refractivity contribution in [1.29, 1.82) is 5.26 Å². The fourth-order valence-electron chi connectivity index (χ4n) is 3.20. The van der Waals surface area contributed by atoms with Crippen molar-refractivity contribution in [3.05, 3.63) is 46.9 Å². The Bertz CT molecular complexity index is 848. The maximum absolute atomic E-state index is 8.96. The SMILES string of the molecule is CC1COCCN1c1cc(C2(Sc3ccc(C#N)cc3)CC2)nc(Cl)n1. The van der Waals surface area contributed by atoms with Crippen LogP contribution in [-0.2, 0) is 9.48 Å². The van der Waals surface area contributed by atoms with E-state index in [0.717, 1.165) is 35.8 Å². The summed E-state index contributed by atoms with van der Waals surface area (Å²) < 4.78 is 5.48. The first-order chi connectivity index (χ1) is 12.6. The Morgan fingerprint density at radius 2 is 2.08 bits per heavy atom. The van der Waals surface area contributed by atoms with E-state index in [-0.39, 0.29) is 10.8 Å². The molecule has 1 atom stereocenters. The zero-order valence-electron chi connectivity index (χ0n) is 14.5. The summed E-state index contributed by atoms with van der Waals surface area (Å²) in [4.78, 5) is 12.4. The lowest BCUT2D eigenvalue weighted by atomic mass is 10.2. The van der Waals surface area contributed by atoms with Crippen LogP contribution in [0.25, 0.3) is 0 Å². The van der Waals surface area contributed by atoms with Gasteiger partial charge in [0.1, 0.15) is 5.82 Å². The number of ether oxygens (including phenoxy) is 1. The minimum Gasteiger partial charge on any atom is -0.377 e.